The molecule has 3 atom stereocenters. The maximum absolute atomic E-state index is 12.8. The van der Waals surface area contributed by atoms with Gasteiger partial charge in [-0.15, -0.1) is 0 Å². The lowest BCUT2D eigenvalue weighted by molar-refractivity contribution is 0.110. The van der Waals surface area contributed by atoms with E-state index in [9.17, 15) is 13.2 Å². The van der Waals surface area contributed by atoms with Gasteiger partial charge in [-0.2, -0.15) is 0 Å². The Labute approximate surface area is 159 Å². The topological polar surface area (TPSA) is 72.5 Å². The zero-order valence-corrected chi connectivity index (χ0v) is 17.9. The van der Waals surface area contributed by atoms with Gasteiger partial charge in [0.1, 0.15) is 0 Å². The van der Waals surface area contributed by atoms with Crippen molar-refractivity contribution < 1.29 is 17.9 Å². The molecule has 0 aliphatic rings. The third-order valence-corrected chi connectivity index (χ3v) is 6.97. The highest BCUT2D eigenvalue weighted by atomic mass is 79.9. The average molecular weight is 434 g/mol. The van der Waals surface area contributed by atoms with Gasteiger partial charge in [0.05, 0.1) is 17.1 Å². The van der Waals surface area contributed by atoms with Crippen molar-refractivity contribution in [2.75, 3.05) is 5.75 Å². The van der Waals surface area contributed by atoms with E-state index in [1.54, 1.807) is 32.9 Å². The van der Waals surface area contributed by atoms with Gasteiger partial charge in [0.15, 0.2) is 9.84 Å². The van der Waals surface area contributed by atoms with Crippen LogP contribution in [0, 0.1) is 5.92 Å². The van der Waals surface area contributed by atoms with Crippen molar-refractivity contribution in [1.29, 1.82) is 0 Å². The summed E-state index contributed by atoms with van der Waals surface area (Å²) < 4.78 is 31.7. The molecule has 0 fully saturated rings. The lowest BCUT2D eigenvalue weighted by atomic mass is 10.0. The molecule has 0 saturated heterocycles. The predicted octanol–water partition coefficient (Wildman–Crippen LogP) is 4.47. The number of carbonyl (C=O) groups excluding carboxylic acids is 1. The fourth-order valence-corrected chi connectivity index (χ4v) is 4.41. The average Bonchev–Trinajstić information content (AvgIpc) is 2.52. The van der Waals surface area contributed by atoms with Crippen molar-refractivity contribution >= 4 is 31.9 Å². The molecular formula is C18H28BrNO4S. The molecule has 0 aromatic heterocycles. The number of hydrogen-bond acceptors (Lipinski definition) is 4. The highest BCUT2D eigenvalue weighted by Gasteiger charge is 2.30. The van der Waals surface area contributed by atoms with Gasteiger partial charge in [-0.1, -0.05) is 48.3 Å². The Morgan fingerprint density at radius 3 is 2.20 bits per heavy atom. The van der Waals surface area contributed by atoms with Crippen molar-refractivity contribution in [3.63, 3.8) is 0 Å². The molecule has 142 valence electrons. The van der Waals surface area contributed by atoms with Gasteiger partial charge in [-0.25, -0.2) is 13.2 Å². The SMILES string of the molecule is CCC(C)C(CS(=O)(=O)C(C)c1ccc(Br)cc1)NC(=O)OC(C)C. The van der Waals surface area contributed by atoms with Gasteiger partial charge in [0.2, 0.25) is 0 Å². The molecule has 25 heavy (non-hydrogen) atoms. The van der Waals surface area contributed by atoms with Crippen LogP contribution in [0.1, 0.15) is 51.9 Å². The van der Waals surface area contributed by atoms with Gasteiger partial charge < -0.3 is 10.1 Å². The molecule has 0 bridgehead atoms. The lowest BCUT2D eigenvalue weighted by Gasteiger charge is -2.26. The molecule has 1 amide bonds. The van der Waals surface area contributed by atoms with Crippen LogP contribution in [0.3, 0.4) is 0 Å². The number of ether oxygens (including phenoxy) is 1. The van der Waals surface area contributed by atoms with Crippen LogP contribution >= 0.6 is 15.9 Å². The van der Waals surface area contributed by atoms with Gasteiger partial charge in [-0.05, 0) is 44.4 Å². The monoisotopic (exact) mass is 433 g/mol. The van der Waals surface area contributed by atoms with Crippen molar-refractivity contribution in [3.05, 3.63) is 34.3 Å². The zero-order chi connectivity index (χ0) is 19.2. The number of halogens is 1. The Hall–Kier alpha value is -1.08. The number of rotatable bonds is 8. The van der Waals surface area contributed by atoms with Crippen molar-refractivity contribution in [2.45, 2.75) is 58.4 Å². The second-order valence-corrected chi connectivity index (χ2v) is 9.90. The summed E-state index contributed by atoms with van der Waals surface area (Å²) in [7, 11) is -3.44. The summed E-state index contributed by atoms with van der Waals surface area (Å²) in [4.78, 5) is 11.9. The van der Waals surface area contributed by atoms with Crippen molar-refractivity contribution in [3.8, 4) is 0 Å². The van der Waals surface area contributed by atoms with Gasteiger partial charge in [0.25, 0.3) is 0 Å². The summed E-state index contributed by atoms with van der Waals surface area (Å²) >= 11 is 3.35. The second kappa shape index (κ2) is 9.57. The third kappa shape index (κ3) is 6.98. The molecule has 0 aliphatic heterocycles. The van der Waals surface area contributed by atoms with Gasteiger partial charge >= 0.3 is 6.09 Å². The highest BCUT2D eigenvalue weighted by Crippen LogP contribution is 2.26. The van der Waals surface area contributed by atoms with E-state index < -0.39 is 27.2 Å². The number of sulfone groups is 1. The minimum atomic E-state index is -3.44. The van der Waals surface area contributed by atoms with E-state index >= 15 is 0 Å². The Kier molecular flexibility index (Phi) is 8.41. The number of amides is 1. The summed E-state index contributed by atoms with van der Waals surface area (Å²) in [6, 6.07) is 6.76. The molecule has 5 nitrogen and oxygen atoms in total. The molecule has 7 heteroatoms. The number of nitrogens with one attached hydrogen (secondary N) is 1. The first-order valence-corrected chi connectivity index (χ1v) is 11.0. The highest BCUT2D eigenvalue weighted by molar-refractivity contribution is 9.10. The van der Waals surface area contributed by atoms with Gasteiger partial charge in [0, 0.05) is 10.5 Å². The van der Waals surface area contributed by atoms with Crippen LogP contribution in [0.2, 0.25) is 0 Å². The summed E-state index contributed by atoms with van der Waals surface area (Å²) in [5.74, 6) is -0.0986. The van der Waals surface area contributed by atoms with E-state index in [4.69, 9.17) is 4.74 Å². The molecule has 0 heterocycles. The number of hydrogen-bond donors (Lipinski definition) is 1. The Morgan fingerprint density at radius 1 is 1.16 bits per heavy atom. The fourth-order valence-electron chi connectivity index (χ4n) is 2.37. The van der Waals surface area contributed by atoms with E-state index in [1.165, 1.54) is 0 Å². The molecule has 3 unspecified atom stereocenters. The van der Waals surface area contributed by atoms with Gasteiger partial charge in [-0.3, -0.25) is 0 Å². The number of alkyl carbamates (subject to hydrolysis) is 1. The van der Waals surface area contributed by atoms with E-state index in [-0.39, 0.29) is 17.8 Å². The van der Waals surface area contributed by atoms with Crippen LogP contribution in [0.15, 0.2) is 28.7 Å². The van der Waals surface area contributed by atoms with Crippen molar-refractivity contribution in [2.24, 2.45) is 5.92 Å². The normalized spacial score (nSPS) is 15.5. The maximum atomic E-state index is 12.8. The molecule has 0 spiro atoms. The lowest BCUT2D eigenvalue weighted by Crippen LogP contribution is -2.45. The first kappa shape index (κ1) is 22.0. The van der Waals surface area contributed by atoms with Crippen LogP contribution in [0.25, 0.3) is 0 Å². The minimum absolute atomic E-state index is 0.0200. The molecular weight excluding hydrogens is 406 g/mol. The Balaban J connectivity index is 2.93. The summed E-state index contributed by atoms with van der Waals surface area (Å²) in [6.07, 6.45) is -0.0721. The zero-order valence-electron chi connectivity index (χ0n) is 15.5. The predicted molar refractivity (Wildman–Crippen MR) is 104 cm³/mol. The van der Waals surface area contributed by atoms with E-state index in [2.05, 4.69) is 21.2 Å². The van der Waals surface area contributed by atoms with Crippen LogP contribution < -0.4 is 5.32 Å². The molecule has 0 radical (unpaired) electrons. The fraction of sp³-hybridized carbons (Fsp3) is 0.611. The summed E-state index contributed by atoms with van der Waals surface area (Å²) in [6.45, 7) is 9.09. The maximum Gasteiger partial charge on any atom is 0.407 e. The molecule has 1 rings (SSSR count). The number of benzene rings is 1. The first-order chi connectivity index (χ1) is 11.6. The van der Waals surface area contributed by atoms with E-state index in [0.29, 0.717) is 0 Å². The third-order valence-electron chi connectivity index (χ3n) is 4.27. The minimum Gasteiger partial charge on any atom is -0.447 e. The summed E-state index contributed by atoms with van der Waals surface area (Å²) in [5, 5.41) is 2.08. The van der Waals surface area contributed by atoms with E-state index in [1.807, 2.05) is 26.0 Å². The van der Waals surface area contributed by atoms with Crippen LogP contribution in [0.5, 0.6) is 0 Å². The quantitative estimate of drug-likeness (QED) is 0.655. The molecule has 1 aromatic rings. The second-order valence-electron chi connectivity index (χ2n) is 6.61. The molecule has 1 N–H and O–H groups in total. The molecule has 1 aromatic carbocycles. The standard InChI is InChI=1S/C18H28BrNO4S/c1-6-13(4)17(20-18(21)24-12(2)3)11-25(22,23)14(5)15-7-9-16(19)10-8-15/h7-10,12-14,17H,6,11H2,1-5H3,(H,20,21). The van der Waals surface area contributed by atoms with Crippen LogP contribution in [-0.2, 0) is 14.6 Å². The smallest absolute Gasteiger partial charge is 0.407 e. The van der Waals surface area contributed by atoms with Crippen LogP contribution in [0.4, 0.5) is 4.79 Å². The molecule has 0 saturated carbocycles. The van der Waals surface area contributed by atoms with E-state index in [0.717, 1.165) is 16.5 Å². The first-order valence-electron chi connectivity index (χ1n) is 8.51. The summed E-state index contributed by atoms with van der Waals surface area (Å²) in [5.41, 5.74) is 0.732. The Morgan fingerprint density at radius 2 is 1.72 bits per heavy atom. The number of carbonyl (C=O) groups is 1. The van der Waals surface area contributed by atoms with Crippen LogP contribution in [-0.4, -0.2) is 32.4 Å². The van der Waals surface area contributed by atoms with Crippen molar-refractivity contribution in [1.82, 2.24) is 5.32 Å². The Bertz CT molecular complexity index is 658. The largest absolute Gasteiger partial charge is 0.447 e. The molecule has 0 aliphatic carbocycles.